The van der Waals surface area contributed by atoms with E-state index in [-0.39, 0.29) is 16.6 Å². The topological polar surface area (TPSA) is 37.3 Å². The number of carbonyl (C=O) groups excluding carboxylic acids is 1. The maximum absolute atomic E-state index is 12.5. The molecule has 4 aliphatic rings. The molecule has 3 saturated carbocycles. The number of aliphatic hydroxyl groups is 1. The second-order valence-corrected chi connectivity index (χ2v) is 9.95. The van der Waals surface area contributed by atoms with E-state index in [1.807, 2.05) is 0 Å². The number of rotatable bonds is 0. The minimum atomic E-state index is -0.771. The van der Waals surface area contributed by atoms with Crippen LogP contribution < -0.4 is 0 Å². The molecule has 0 aromatic rings. The molecule has 0 aliphatic heterocycles. The molecule has 122 valence electrons. The average molecular weight is 302 g/mol. The lowest BCUT2D eigenvalue weighted by molar-refractivity contribution is -0.184. The molecule has 0 heterocycles. The Kier molecular flexibility index (Phi) is 2.76. The molecule has 2 heteroatoms. The summed E-state index contributed by atoms with van der Waals surface area (Å²) in [6.07, 6.45) is 11.0. The van der Waals surface area contributed by atoms with Gasteiger partial charge in [0.05, 0.1) is 0 Å². The number of hydrogen-bond acceptors (Lipinski definition) is 2. The minimum absolute atomic E-state index is 0.0636. The Morgan fingerprint density at radius 2 is 1.73 bits per heavy atom. The van der Waals surface area contributed by atoms with Gasteiger partial charge in [0.25, 0.3) is 0 Å². The van der Waals surface area contributed by atoms with Gasteiger partial charge in [0, 0.05) is 11.8 Å². The Morgan fingerprint density at radius 1 is 1.05 bits per heavy atom. The molecule has 22 heavy (non-hydrogen) atoms. The highest BCUT2D eigenvalue weighted by atomic mass is 16.3. The molecule has 0 radical (unpaired) electrons. The molecule has 0 aromatic heterocycles. The largest absolute Gasteiger partial charge is 0.385 e. The highest BCUT2D eigenvalue weighted by Gasteiger charge is 2.65. The van der Waals surface area contributed by atoms with Crippen molar-refractivity contribution in [1.29, 1.82) is 0 Å². The van der Waals surface area contributed by atoms with Gasteiger partial charge in [-0.1, -0.05) is 39.8 Å². The van der Waals surface area contributed by atoms with Gasteiger partial charge >= 0.3 is 0 Å². The van der Waals surface area contributed by atoms with E-state index in [4.69, 9.17) is 0 Å². The lowest BCUT2D eigenvalue weighted by atomic mass is 9.40. The molecule has 4 rings (SSSR count). The molecule has 1 spiro atoms. The fourth-order valence-corrected chi connectivity index (χ4v) is 7.27. The Hall–Kier alpha value is -0.630. The number of hydrogen-bond donors (Lipinski definition) is 1. The molecule has 1 unspecified atom stereocenters. The smallest absolute Gasteiger partial charge is 0.162 e. The van der Waals surface area contributed by atoms with Crippen LogP contribution in [-0.2, 0) is 4.79 Å². The molecule has 2 bridgehead atoms. The van der Waals surface area contributed by atoms with Crippen molar-refractivity contribution in [1.82, 2.24) is 0 Å². The summed E-state index contributed by atoms with van der Waals surface area (Å²) < 4.78 is 0. The van der Waals surface area contributed by atoms with E-state index in [0.717, 1.165) is 6.42 Å². The van der Waals surface area contributed by atoms with Crippen LogP contribution in [0.3, 0.4) is 0 Å². The molecule has 4 aliphatic carbocycles. The molecule has 0 aromatic carbocycles. The van der Waals surface area contributed by atoms with Crippen molar-refractivity contribution >= 4 is 5.78 Å². The van der Waals surface area contributed by atoms with Gasteiger partial charge in [-0.15, -0.1) is 0 Å². The normalized spacial score (nSPS) is 55.7. The SMILES string of the molecule is CC1(C)C2CC[C@@]34C=C[C@@](C)(CC[C@H]3[C@]2(C)CC(=O)[C@@H]1O)C4. The predicted molar refractivity (Wildman–Crippen MR) is 87.3 cm³/mol. The van der Waals surface area contributed by atoms with Gasteiger partial charge in [-0.2, -0.15) is 0 Å². The molecule has 1 N–H and O–H groups in total. The van der Waals surface area contributed by atoms with E-state index in [2.05, 4.69) is 39.8 Å². The number of carbonyl (C=O) groups is 1. The predicted octanol–water partition coefficient (Wildman–Crippen LogP) is 4.13. The van der Waals surface area contributed by atoms with Crippen LogP contribution in [-0.4, -0.2) is 17.0 Å². The van der Waals surface area contributed by atoms with E-state index in [9.17, 15) is 9.90 Å². The van der Waals surface area contributed by atoms with Crippen LogP contribution in [0.4, 0.5) is 0 Å². The zero-order chi connectivity index (χ0) is 16.0. The van der Waals surface area contributed by atoms with Crippen LogP contribution in [0, 0.1) is 33.5 Å². The number of ketones is 1. The van der Waals surface area contributed by atoms with Crippen molar-refractivity contribution in [3.8, 4) is 0 Å². The van der Waals surface area contributed by atoms with Gasteiger partial charge in [0.2, 0.25) is 0 Å². The molecule has 0 amide bonds. The first-order valence-electron chi connectivity index (χ1n) is 9.04. The maximum atomic E-state index is 12.5. The zero-order valence-electron chi connectivity index (χ0n) is 14.5. The third-order valence-corrected chi connectivity index (χ3v) is 8.20. The van der Waals surface area contributed by atoms with Crippen molar-refractivity contribution in [2.45, 2.75) is 72.3 Å². The Morgan fingerprint density at radius 3 is 2.45 bits per heavy atom. The number of fused-ring (bicyclic) bond motifs is 3. The van der Waals surface area contributed by atoms with Crippen LogP contribution in [0.1, 0.15) is 66.2 Å². The Bertz CT molecular complexity index is 562. The van der Waals surface area contributed by atoms with Gasteiger partial charge in [-0.25, -0.2) is 0 Å². The third-order valence-electron chi connectivity index (χ3n) is 8.20. The van der Waals surface area contributed by atoms with Gasteiger partial charge in [-0.3, -0.25) is 4.79 Å². The third kappa shape index (κ3) is 1.63. The minimum Gasteiger partial charge on any atom is -0.385 e. The lowest BCUT2D eigenvalue weighted by Crippen LogP contribution is -2.62. The van der Waals surface area contributed by atoms with Gasteiger partial charge in [0.15, 0.2) is 5.78 Å². The van der Waals surface area contributed by atoms with Gasteiger partial charge in [-0.05, 0) is 60.2 Å². The Balaban J connectivity index is 1.78. The standard InChI is InChI=1S/C20H30O2/c1-17(2)14-6-8-20-10-9-18(3,12-20)7-5-15(20)19(14,4)11-13(21)16(17)22/h9-10,14-16,22H,5-8,11-12H2,1-4H3/t14?,15-,16-,18+,19+,20-/m0/s1. The first-order valence-corrected chi connectivity index (χ1v) is 9.04. The second-order valence-electron chi connectivity index (χ2n) is 9.95. The summed E-state index contributed by atoms with van der Waals surface area (Å²) in [5, 5.41) is 10.5. The lowest BCUT2D eigenvalue weighted by Gasteiger charge is -2.64. The fourth-order valence-electron chi connectivity index (χ4n) is 7.27. The summed E-state index contributed by atoms with van der Waals surface area (Å²) in [7, 11) is 0. The van der Waals surface area contributed by atoms with Crippen LogP contribution in [0.5, 0.6) is 0 Å². The van der Waals surface area contributed by atoms with E-state index >= 15 is 0 Å². The number of Topliss-reactive ketones (excluding diaryl/α,β-unsaturated/α-hetero) is 1. The fraction of sp³-hybridized carbons (Fsp3) is 0.850. The van der Waals surface area contributed by atoms with E-state index in [1.54, 1.807) is 0 Å². The Labute approximate surface area is 134 Å². The monoisotopic (exact) mass is 302 g/mol. The van der Waals surface area contributed by atoms with Crippen LogP contribution in [0.15, 0.2) is 12.2 Å². The quantitative estimate of drug-likeness (QED) is 0.683. The molecule has 3 fully saturated rings. The van der Waals surface area contributed by atoms with Crippen LogP contribution >= 0.6 is 0 Å². The summed E-state index contributed by atoms with van der Waals surface area (Å²) in [6, 6.07) is 0. The summed E-state index contributed by atoms with van der Waals surface area (Å²) in [5.74, 6) is 1.15. The van der Waals surface area contributed by atoms with Crippen molar-refractivity contribution in [2.24, 2.45) is 33.5 Å². The van der Waals surface area contributed by atoms with Gasteiger partial charge < -0.3 is 5.11 Å². The molecule has 6 atom stereocenters. The number of aliphatic hydroxyl groups excluding tert-OH is 1. The van der Waals surface area contributed by atoms with E-state index < -0.39 is 6.10 Å². The highest BCUT2D eigenvalue weighted by molar-refractivity contribution is 5.85. The summed E-state index contributed by atoms with van der Waals surface area (Å²) in [5.41, 5.74) is 0.507. The summed E-state index contributed by atoms with van der Waals surface area (Å²) in [6.45, 7) is 9.01. The maximum Gasteiger partial charge on any atom is 0.162 e. The molecular weight excluding hydrogens is 272 g/mol. The van der Waals surface area contributed by atoms with Crippen LogP contribution in [0.2, 0.25) is 0 Å². The summed E-state index contributed by atoms with van der Waals surface area (Å²) >= 11 is 0. The highest BCUT2D eigenvalue weighted by Crippen LogP contribution is 2.71. The van der Waals surface area contributed by atoms with E-state index in [0.29, 0.717) is 29.1 Å². The first-order chi connectivity index (χ1) is 10.1. The van der Waals surface area contributed by atoms with Crippen molar-refractivity contribution < 1.29 is 9.90 Å². The van der Waals surface area contributed by atoms with Crippen molar-refractivity contribution in [2.75, 3.05) is 0 Å². The first kappa shape index (κ1) is 14.9. The van der Waals surface area contributed by atoms with Crippen molar-refractivity contribution in [3.63, 3.8) is 0 Å². The average Bonchev–Trinajstić information content (AvgIpc) is 2.66. The van der Waals surface area contributed by atoms with Crippen LogP contribution in [0.25, 0.3) is 0 Å². The molecule has 2 nitrogen and oxygen atoms in total. The van der Waals surface area contributed by atoms with Crippen molar-refractivity contribution in [3.05, 3.63) is 12.2 Å². The molecule has 0 saturated heterocycles. The van der Waals surface area contributed by atoms with E-state index in [1.165, 1.54) is 25.7 Å². The zero-order valence-corrected chi connectivity index (χ0v) is 14.5. The molecular formula is C20H30O2. The number of allylic oxidation sites excluding steroid dienone is 2. The van der Waals surface area contributed by atoms with Gasteiger partial charge in [0.1, 0.15) is 6.10 Å². The summed E-state index contributed by atoms with van der Waals surface area (Å²) in [4.78, 5) is 12.5. The second kappa shape index (κ2) is 4.06.